The Morgan fingerprint density at radius 2 is 1.70 bits per heavy atom. The maximum absolute atomic E-state index is 4.19. The molecule has 3 heteroatoms. The normalized spacial score (nSPS) is 10.7. The minimum Gasteiger partial charge on any atom is -0.364 e. The van der Waals surface area contributed by atoms with E-state index < -0.39 is 0 Å². The monoisotopic (exact) mass is 263 g/mol. The second-order valence-electron chi connectivity index (χ2n) is 4.80. The molecular formula is C17H17N3. The van der Waals surface area contributed by atoms with E-state index in [9.17, 15) is 0 Å². The number of rotatable bonds is 4. The van der Waals surface area contributed by atoms with Crippen LogP contribution in [-0.4, -0.2) is 10.2 Å². The quantitative estimate of drug-likeness (QED) is 0.778. The van der Waals surface area contributed by atoms with Gasteiger partial charge in [0.1, 0.15) is 0 Å². The molecule has 0 saturated carbocycles. The molecule has 0 fully saturated rings. The Bertz CT molecular complexity index is 700. The third kappa shape index (κ3) is 2.62. The van der Waals surface area contributed by atoms with E-state index >= 15 is 0 Å². The Morgan fingerprint density at radius 1 is 0.950 bits per heavy atom. The summed E-state index contributed by atoms with van der Waals surface area (Å²) in [7, 11) is 0. The molecule has 0 aliphatic carbocycles. The molecule has 0 spiro atoms. The van der Waals surface area contributed by atoms with Crippen molar-refractivity contribution in [3.63, 3.8) is 0 Å². The van der Waals surface area contributed by atoms with Crippen molar-refractivity contribution < 1.29 is 0 Å². The van der Waals surface area contributed by atoms with Crippen LogP contribution in [0, 0.1) is 0 Å². The summed E-state index contributed by atoms with van der Waals surface area (Å²) in [4.78, 5) is 0. The number of aryl methyl sites for hydroxylation is 1. The summed E-state index contributed by atoms with van der Waals surface area (Å²) in [5.41, 5.74) is 2.61. The van der Waals surface area contributed by atoms with Crippen LogP contribution in [0.1, 0.15) is 18.1 Å². The summed E-state index contributed by atoms with van der Waals surface area (Å²) in [6.45, 7) is 2.92. The van der Waals surface area contributed by atoms with Crippen molar-refractivity contribution in [3.8, 4) is 0 Å². The van der Waals surface area contributed by atoms with Gasteiger partial charge in [-0.05, 0) is 17.5 Å². The predicted molar refractivity (Wildman–Crippen MR) is 82.7 cm³/mol. The van der Waals surface area contributed by atoms with Gasteiger partial charge >= 0.3 is 0 Å². The van der Waals surface area contributed by atoms with Crippen molar-refractivity contribution in [2.24, 2.45) is 0 Å². The average Bonchev–Trinajstić information content (AvgIpc) is 2.53. The maximum Gasteiger partial charge on any atom is 0.156 e. The van der Waals surface area contributed by atoms with Crippen LogP contribution in [0.4, 0.5) is 5.82 Å². The van der Waals surface area contributed by atoms with Gasteiger partial charge in [0.05, 0.1) is 6.20 Å². The lowest BCUT2D eigenvalue weighted by Gasteiger charge is -2.08. The third-order valence-electron chi connectivity index (χ3n) is 3.46. The van der Waals surface area contributed by atoms with Gasteiger partial charge in [0.25, 0.3) is 0 Å². The Labute approximate surface area is 118 Å². The van der Waals surface area contributed by atoms with Crippen LogP contribution in [0.2, 0.25) is 0 Å². The van der Waals surface area contributed by atoms with Gasteiger partial charge in [-0.15, -0.1) is 5.10 Å². The number of hydrogen-bond acceptors (Lipinski definition) is 3. The molecule has 0 saturated heterocycles. The SMILES string of the molecule is CCc1ccc(CNc2nncc3ccccc23)cc1. The molecule has 1 N–H and O–H groups in total. The van der Waals surface area contributed by atoms with Crippen molar-refractivity contribution >= 4 is 16.6 Å². The second kappa shape index (κ2) is 5.70. The molecule has 0 radical (unpaired) electrons. The molecule has 20 heavy (non-hydrogen) atoms. The van der Waals surface area contributed by atoms with E-state index in [2.05, 4.69) is 52.8 Å². The number of benzene rings is 2. The zero-order valence-electron chi connectivity index (χ0n) is 11.5. The molecule has 0 unspecified atom stereocenters. The first kappa shape index (κ1) is 12.6. The Kier molecular flexibility index (Phi) is 3.59. The molecule has 1 aromatic heterocycles. The Hall–Kier alpha value is -2.42. The maximum atomic E-state index is 4.19. The van der Waals surface area contributed by atoms with Crippen LogP contribution >= 0.6 is 0 Å². The summed E-state index contributed by atoms with van der Waals surface area (Å²) >= 11 is 0. The molecule has 1 heterocycles. The van der Waals surface area contributed by atoms with E-state index in [1.165, 1.54) is 11.1 Å². The molecule has 3 nitrogen and oxygen atoms in total. The van der Waals surface area contributed by atoms with Gasteiger partial charge in [-0.25, -0.2) is 0 Å². The van der Waals surface area contributed by atoms with Gasteiger partial charge in [-0.3, -0.25) is 0 Å². The number of nitrogens with one attached hydrogen (secondary N) is 1. The largest absolute Gasteiger partial charge is 0.364 e. The lowest BCUT2D eigenvalue weighted by molar-refractivity contribution is 1.01. The van der Waals surface area contributed by atoms with E-state index in [0.717, 1.165) is 29.6 Å². The molecular weight excluding hydrogens is 246 g/mol. The highest BCUT2D eigenvalue weighted by Crippen LogP contribution is 2.19. The summed E-state index contributed by atoms with van der Waals surface area (Å²) in [6.07, 6.45) is 2.86. The predicted octanol–water partition coefficient (Wildman–Crippen LogP) is 3.80. The lowest BCUT2D eigenvalue weighted by atomic mass is 10.1. The second-order valence-corrected chi connectivity index (χ2v) is 4.80. The van der Waals surface area contributed by atoms with Crippen LogP contribution < -0.4 is 5.32 Å². The molecule has 0 atom stereocenters. The van der Waals surface area contributed by atoms with Crippen molar-refractivity contribution in [2.45, 2.75) is 19.9 Å². The lowest BCUT2D eigenvalue weighted by Crippen LogP contribution is -2.03. The van der Waals surface area contributed by atoms with Crippen molar-refractivity contribution in [1.29, 1.82) is 0 Å². The van der Waals surface area contributed by atoms with Gasteiger partial charge in [0.2, 0.25) is 0 Å². The molecule has 3 aromatic rings. The fraction of sp³-hybridized carbons (Fsp3) is 0.176. The fourth-order valence-electron chi connectivity index (χ4n) is 2.24. The van der Waals surface area contributed by atoms with Crippen LogP contribution in [0.3, 0.4) is 0 Å². The highest BCUT2D eigenvalue weighted by molar-refractivity contribution is 5.90. The minimum atomic E-state index is 0.757. The number of nitrogens with zero attached hydrogens (tertiary/aromatic N) is 2. The minimum absolute atomic E-state index is 0.757. The van der Waals surface area contributed by atoms with Crippen LogP contribution in [-0.2, 0) is 13.0 Å². The summed E-state index contributed by atoms with van der Waals surface area (Å²) in [6, 6.07) is 16.8. The first-order chi connectivity index (χ1) is 9.86. The number of aromatic nitrogens is 2. The molecule has 0 bridgehead atoms. The standard InChI is InChI=1S/C17H17N3/c1-2-13-7-9-14(10-8-13)11-18-17-16-6-4-3-5-15(16)12-19-20-17/h3-10,12H,2,11H2,1H3,(H,18,20). The third-order valence-corrected chi connectivity index (χ3v) is 3.46. The fourth-order valence-corrected chi connectivity index (χ4v) is 2.24. The number of anilines is 1. The van der Waals surface area contributed by atoms with Crippen molar-refractivity contribution in [2.75, 3.05) is 5.32 Å². The first-order valence-corrected chi connectivity index (χ1v) is 6.89. The van der Waals surface area contributed by atoms with Gasteiger partial charge in [-0.1, -0.05) is 55.5 Å². The highest BCUT2D eigenvalue weighted by atomic mass is 15.2. The van der Waals surface area contributed by atoms with Crippen LogP contribution in [0.25, 0.3) is 10.8 Å². The number of fused-ring (bicyclic) bond motifs is 1. The van der Waals surface area contributed by atoms with Gasteiger partial charge in [0.15, 0.2) is 5.82 Å². The van der Waals surface area contributed by atoms with E-state index in [1.807, 2.05) is 18.2 Å². The smallest absolute Gasteiger partial charge is 0.156 e. The summed E-state index contributed by atoms with van der Waals surface area (Å²) in [5, 5.41) is 13.8. The van der Waals surface area contributed by atoms with Gasteiger partial charge in [-0.2, -0.15) is 5.10 Å². The van der Waals surface area contributed by atoms with E-state index in [4.69, 9.17) is 0 Å². The van der Waals surface area contributed by atoms with Gasteiger partial charge in [0, 0.05) is 17.3 Å². The van der Waals surface area contributed by atoms with E-state index in [1.54, 1.807) is 6.20 Å². The average molecular weight is 263 g/mol. The van der Waals surface area contributed by atoms with Crippen molar-refractivity contribution in [1.82, 2.24) is 10.2 Å². The molecule has 100 valence electrons. The molecule has 2 aromatic carbocycles. The molecule has 3 rings (SSSR count). The summed E-state index contributed by atoms with van der Waals surface area (Å²) < 4.78 is 0. The Morgan fingerprint density at radius 3 is 2.50 bits per heavy atom. The Balaban J connectivity index is 1.79. The molecule has 0 aliphatic rings. The van der Waals surface area contributed by atoms with E-state index in [-0.39, 0.29) is 0 Å². The highest BCUT2D eigenvalue weighted by Gasteiger charge is 2.02. The number of hydrogen-bond donors (Lipinski definition) is 1. The van der Waals surface area contributed by atoms with Crippen molar-refractivity contribution in [3.05, 3.63) is 65.9 Å². The topological polar surface area (TPSA) is 37.8 Å². The molecule has 0 amide bonds. The van der Waals surface area contributed by atoms with E-state index in [0.29, 0.717) is 0 Å². The van der Waals surface area contributed by atoms with Crippen LogP contribution in [0.15, 0.2) is 54.7 Å². The van der Waals surface area contributed by atoms with Gasteiger partial charge < -0.3 is 5.32 Å². The molecule has 0 aliphatic heterocycles. The zero-order chi connectivity index (χ0) is 13.8. The summed E-state index contributed by atoms with van der Waals surface area (Å²) in [5.74, 6) is 0.836. The zero-order valence-corrected chi connectivity index (χ0v) is 11.5. The van der Waals surface area contributed by atoms with Crippen LogP contribution in [0.5, 0.6) is 0 Å². The first-order valence-electron chi connectivity index (χ1n) is 6.89.